The van der Waals surface area contributed by atoms with Gasteiger partial charge in [-0.05, 0) is 44.4 Å². The van der Waals surface area contributed by atoms with Crippen LogP contribution in [0.4, 0.5) is 0 Å². The SMILES string of the molecule is C=CC(C1=CCCCC1)C1CCCCC1. The van der Waals surface area contributed by atoms with E-state index < -0.39 is 0 Å². The molecule has 0 aromatic heterocycles. The van der Waals surface area contributed by atoms with Crippen molar-refractivity contribution in [1.29, 1.82) is 0 Å². The number of hydrogen-bond acceptors (Lipinski definition) is 0. The molecule has 0 bridgehead atoms. The van der Waals surface area contributed by atoms with Crippen molar-refractivity contribution in [3.63, 3.8) is 0 Å². The minimum Gasteiger partial charge on any atom is -0.102 e. The summed E-state index contributed by atoms with van der Waals surface area (Å²) in [4.78, 5) is 0. The van der Waals surface area contributed by atoms with Crippen LogP contribution in [-0.2, 0) is 0 Å². The second-order valence-corrected chi connectivity index (χ2v) is 5.18. The zero-order valence-electron chi connectivity index (χ0n) is 9.88. The van der Waals surface area contributed by atoms with Gasteiger partial charge in [0.05, 0.1) is 0 Å². The van der Waals surface area contributed by atoms with Crippen LogP contribution in [0.1, 0.15) is 57.8 Å². The van der Waals surface area contributed by atoms with Gasteiger partial charge in [-0.3, -0.25) is 0 Å². The van der Waals surface area contributed by atoms with Crippen LogP contribution in [0.2, 0.25) is 0 Å². The molecule has 0 N–H and O–H groups in total. The summed E-state index contributed by atoms with van der Waals surface area (Å²) >= 11 is 0. The van der Waals surface area contributed by atoms with Crippen LogP contribution in [0.15, 0.2) is 24.3 Å². The largest absolute Gasteiger partial charge is 0.102 e. The second-order valence-electron chi connectivity index (χ2n) is 5.18. The molecule has 84 valence electrons. The van der Waals surface area contributed by atoms with Crippen molar-refractivity contribution in [3.8, 4) is 0 Å². The van der Waals surface area contributed by atoms with Gasteiger partial charge in [0.1, 0.15) is 0 Å². The maximum atomic E-state index is 4.07. The van der Waals surface area contributed by atoms with E-state index in [1.807, 2.05) is 0 Å². The van der Waals surface area contributed by atoms with Gasteiger partial charge in [0.2, 0.25) is 0 Å². The van der Waals surface area contributed by atoms with Crippen molar-refractivity contribution >= 4 is 0 Å². The van der Waals surface area contributed by atoms with E-state index in [2.05, 4.69) is 18.7 Å². The normalized spacial score (nSPS) is 25.7. The molecule has 0 aliphatic heterocycles. The Morgan fingerprint density at radius 3 is 2.53 bits per heavy atom. The van der Waals surface area contributed by atoms with E-state index in [1.165, 1.54) is 57.8 Å². The summed E-state index contributed by atoms with van der Waals surface area (Å²) in [5.74, 6) is 1.63. The van der Waals surface area contributed by atoms with Gasteiger partial charge >= 0.3 is 0 Å². The highest BCUT2D eigenvalue weighted by molar-refractivity contribution is 5.16. The molecule has 1 fully saturated rings. The molecule has 2 aliphatic carbocycles. The van der Waals surface area contributed by atoms with E-state index in [4.69, 9.17) is 0 Å². The van der Waals surface area contributed by atoms with Gasteiger partial charge in [0, 0.05) is 5.92 Å². The molecule has 0 heterocycles. The van der Waals surface area contributed by atoms with Crippen molar-refractivity contribution in [2.24, 2.45) is 11.8 Å². The molecule has 0 aromatic rings. The predicted octanol–water partition coefficient (Wildman–Crippen LogP) is 4.87. The van der Waals surface area contributed by atoms with Gasteiger partial charge in [-0.1, -0.05) is 37.0 Å². The molecule has 0 heteroatoms. The fourth-order valence-corrected chi connectivity index (χ4v) is 3.31. The third-order valence-electron chi connectivity index (χ3n) is 4.17. The summed E-state index contributed by atoms with van der Waals surface area (Å²) in [6.07, 6.45) is 17.4. The summed E-state index contributed by atoms with van der Waals surface area (Å²) in [7, 11) is 0. The van der Waals surface area contributed by atoms with Gasteiger partial charge in [-0.15, -0.1) is 6.58 Å². The standard InChI is InChI=1S/C15H24/c1-2-15(13-9-5-3-6-10-13)14-11-7-4-8-12-14/h2,9,14-15H,1,3-8,10-12H2. The summed E-state index contributed by atoms with van der Waals surface area (Å²) in [5, 5.41) is 0. The summed E-state index contributed by atoms with van der Waals surface area (Å²) < 4.78 is 0. The van der Waals surface area contributed by atoms with Crippen LogP contribution in [0.5, 0.6) is 0 Å². The molecule has 0 saturated heterocycles. The van der Waals surface area contributed by atoms with Crippen LogP contribution in [-0.4, -0.2) is 0 Å². The average molecular weight is 204 g/mol. The highest BCUT2D eigenvalue weighted by Crippen LogP contribution is 2.37. The van der Waals surface area contributed by atoms with Gasteiger partial charge in [0.25, 0.3) is 0 Å². The molecule has 0 aromatic carbocycles. The highest BCUT2D eigenvalue weighted by atomic mass is 14.3. The number of allylic oxidation sites excluding steroid dienone is 3. The minimum absolute atomic E-state index is 0.714. The van der Waals surface area contributed by atoms with E-state index in [-0.39, 0.29) is 0 Å². The first kappa shape index (κ1) is 11.0. The monoisotopic (exact) mass is 204 g/mol. The van der Waals surface area contributed by atoms with E-state index in [1.54, 1.807) is 5.57 Å². The lowest BCUT2D eigenvalue weighted by Crippen LogP contribution is -2.19. The molecule has 1 unspecified atom stereocenters. The lowest BCUT2D eigenvalue weighted by atomic mass is 9.74. The van der Waals surface area contributed by atoms with E-state index in [9.17, 15) is 0 Å². The molecule has 1 atom stereocenters. The molecule has 0 nitrogen and oxygen atoms in total. The summed E-state index contributed by atoms with van der Waals surface area (Å²) in [6, 6.07) is 0. The Hall–Kier alpha value is -0.520. The van der Waals surface area contributed by atoms with Crippen molar-refractivity contribution in [2.75, 3.05) is 0 Å². The van der Waals surface area contributed by atoms with E-state index in [0.29, 0.717) is 5.92 Å². The van der Waals surface area contributed by atoms with Crippen LogP contribution in [0.25, 0.3) is 0 Å². The Morgan fingerprint density at radius 2 is 1.93 bits per heavy atom. The van der Waals surface area contributed by atoms with Crippen LogP contribution in [0, 0.1) is 11.8 Å². The van der Waals surface area contributed by atoms with Crippen LogP contribution < -0.4 is 0 Å². The van der Waals surface area contributed by atoms with Crippen LogP contribution in [0.3, 0.4) is 0 Å². The smallest absolute Gasteiger partial charge is 0.000233 e. The molecule has 0 spiro atoms. The Kier molecular flexibility index (Phi) is 4.05. The lowest BCUT2D eigenvalue weighted by Gasteiger charge is -2.31. The van der Waals surface area contributed by atoms with Crippen molar-refractivity contribution < 1.29 is 0 Å². The first-order valence-electron chi connectivity index (χ1n) is 6.73. The fraction of sp³-hybridized carbons (Fsp3) is 0.733. The zero-order chi connectivity index (χ0) is 10.5. The quantitative estimate of drug-likeness (QED) is 0.575. The second kappa shape index (κ2) is 5.53. The van der Waals surface area contributed by atoms with Crippen LogP contribution >= 0.6 is 0 Å². The van der Waals surface area contributed by atoms with Crippen molar-refractivity contribution in [3.05, 3.63) is 24.3 Å². The highest BCUT2D eigenvalue weighted by Gasteiger charge is 2.24. The summed E-state index contributed by atoms with van der Waals surface area (Å²) in [6.45, 7) is 4.07. The molecular formula is C15H24. The first-order valence-corrected chi connectivity index (χ1v) is 6.73. The summed E-state index contributed by atoms with van der Waals surface area (Å²) in [5.41, 5.74) is 1.71. The third kappa shape index (κ3) is 2.74. The van der Waals surface area contributed by atoms with Crippen molar-refractivity contribution in [1.82, 2.24) is 0 Å². The fourth-order valence-electron chi connectivity index (χ4n) is 3.31. The van der Waals surface area contributed by atoms with Gasteiger partial charge < -0.3 is 0 Å². The van der Waals surface area contributed by atoms with E-state index in [0.717, 1.165) is 5.92 Å². The molecular weight excluding hydrogens is 180 g/mol. The third-order valence-corrected chi connectivity index (χ3v) is 4.17. The molecule has 15 heavy (non-hydrogen) atoms. The van der Waals surface area contributed by atoms with Crippen molar-refractivity contribution in [2.45, 2.75) is 57.8 Å². The van der Waals surface area contributed by atoms with Gasteiger partial charge in [-0.2, -0.15) is 0 Å². The molecule has 1 saturated carbocycles. The van der Waals surface area contributed by atoms with E-state index >= 15 is 0 Å². The zero-order valence-corrected chi connectivity index (χ0v) is 9.88. The lowest BCUT2D eigenvalue weighted by molar-refractivity contribution is 0.304. The number of rotatable bonds is 3. The topological polar surface area (TPSA) is 0 Å². The molecule has 0 amide bonds. The van der Waals surface area contributed by atoms with Gasteiger partial charge in [-0.25, -0.2) is 0 Å². The molecule has 2 aliphatic rings. The first-order chi connectivity index (χ1) is 7.42. The predicted molar refractivity (Wildman–Crippen MR) is 66.8 cm³/mol. The Labute approximate surface area is 94.5 Å². The Morgan fingerprint density at radius 1 is 1.13 bits per heavy atom. The van der Waals surface area contributed by atoms with Gasteiger partial charge in [0.15, 0.2) is 0 Å². The average Bonchev–Trinajstić information content (AvgIpc) is 2.33. The minimum atomic E-state index is 0.714. The molecule has 2 rings (SSSR count). The maximum Gasteiger partial charge on any atom is 0.000233 e. The molecule has 0 radical (unpaired) electrons. The Bertz CT molecular complexity index is 230. The Balaban J connectivity index is 2.01. The maximum absolute atomic E-state index is 4.07. The number of hydrogen-bond donors (Lipinski definition) is 0.